The molecule has 0 aliphatic rings. The highest BCUT2D eigenvalue weighted by molar-refractivity contribution is 6.08. The fourth-order valence-corrected chi connectivity index (χ4v) is 4.18. The fraction of sp³-hybridized carbons (Fsp3) is 0.214. The van der Waals surface area contributed by atoms with Crippen LogP contribution in [0.25, 0.3) is 44.5 Å². The molecule has 31 heavy (non-hydrogen) atoms. The van der Waals surface area contributed by atoms with Crippen molar-refractivity contribution in [2.75, 3.05) is 0 Å². The maximum Gasteiger partial charge on any atom is 0.227 e. The number of nitrogens with zero attached hydrogens (tertiary/aromatic N) is 2. The number of aromatic nitrogens is 2. The van der Waals surface area contributed by atoms with Gasteiger partial charge in [-0.2, -0.15) is 0 Å². The Bertz CT molecular complexity index is 1580. The summed E-state index contributed by atoms with van der Waals surface area (Å²) in [5, 5.41) is 2.05. The molecule has 0 amide bonds. The van der Waals surface area contributed by atoms with Crippen LogP contribution in [0.1, 0.15) is 42.0 Å². The van der Waals surface area contributed by atoms with Crippen LogP contribution in [0.4, 0.5) is 0 Å². The minimum Gasteiger partial charge on any atom is -0.437 e. The Hall–Kier alpha value is -3.46. The van der Waals surface area contributed by atoms with Crippen LogP contribution in [0.5, 0.6) is 0 Å². The molecule has 0 spiro atoms. The van der Waals surface area contributed by atoms with Gasteiger partial charge in [-0.3, -0.25) is 0 Å². The molecule has 5 aromatic rings. The summed E-state index contributed by atoms with van der Waals surface area (Å²) in [6, 6.07) is 19.6. The predicted octanol–water partition coefficient (Wildman–Crippen LogP) is 6.88. The lowest BCUT2D eigenvalue weighted by Gasteiger charge is -2.09. The molecule has 0 radical (unpaired) electrons. The third-order valence-electron chi connectivity index (χ3n) is 5.90. The summed E-state index contributed by atoms with van der Waals surface area (Å²) < 4.78 is 39.7. The summed E-state index contributed by atoms with van der Waals surface area (Å²) in [5.74, 6) is -1.66. The lowest BCUT2D eigenvalue weighted by molar-refractivity contribution is -0.659. The number of hydrogen-bond acceptors (Lipinski definition) is 2. The SMILES string of the molecule is [2H]C([2H])([2H])C([2H])(C)c1ccc(-c2ccc(-c3c(C)ccc4c3oc3nc(C)ccc34)[n+](C)c2)cc1. The van der Waals surface area contributed by atoms with Crippen LogP contribution in [-0.4, -0.2) is 4.98 Å². The number of furan rings is 1. The van der Waals surface area contributed by atoms with Gasteiger partial charge in [-0.1, -0.05) is 50.2 Å². The summed E-state index contributed by atoms with van der Waals surface area (Å²) in [6.07, 6.45) is 2.05. The van der Waals surface area contributed by atoms with Crippen molar-refractivity contribution >= 4 is 22.1 Å². The molecule has 0 saturated carbocycles. The Kier molecular flexibility index (Phi) is 3.64. The van der Waals surface area contributed by atoms with Crippen LogP contribution < -0.4 is 4.57 Å². The van der Waals surface area contributed by atoms with E-state index in [1.54, 1.807) is 12.1 Å². The Morgan fingerprint density at radius 2 is 1.68 bits per heavy atom. The Morgan fingerprint density at radius 1 is 0.935 bits per heavy atom. The molecule has 0 aliphatic heterocycles. The highest BCUT2D eigenvalue weighted by Gasteiger charge is 2.21. The number of rotatable bonds is 3. The Morgan fingerprint density at radius 3 is 2.42 bits per heavy atom. The smallest absolute Gasteiger partial charge is 0.227 e. The molecular weight excluding hydrogens is 380 g/mol. The number of benzene rings is 2. The second kappa shape index (κ2) is 7.35. The number of fused-ring (bicyclic) bond motifs is 3. The monoisotopic (exact) mass is 411 g/mol. The van der Waals surface area contributed by atoms with Crippen molar-refractivity contribution in [3.8, 4) is 22.4 Å². The minimum atomic E-state index is -2.40. The largest absolute Gasteiger partial charge is 0.437 e. The van der Waals surface area contributed by atoms with E-state index in [2.05, 4.69) is 53.0 Å². The average Bonchev–Trinajstić information content (AvgIpc) is 3.16. The lowest BCUT2D eigenvalue weighted by atomic mass is 9.98. The van der Waals surface area contributed by atoms with E-state index in [9.17, 15) is 0 Å². The molecular formula is C28H27N2O+. The van der Waals surface area contributed by atoms with Crippen LogP contribution in [0.2, 0.25) is 0 Å². The molecule has 0 aliphatic carbocycles. The van der Waals surface area contributed by atoms with Crippen molar-refractivity contribution in [3.05, 3.63) is 83.7 Å². The summed E-state index contributed by atoms with van der Waals surface area (Å²) in [7, 11) is 2.01. The van der Waals surface area contributed by atoms with Crippen molar-refractivity contribution in [1.29, 1.82) is 0 Å². The van der Waals surface area contributed by atoms with Crippen molar-refractivity contribution in [3.63, 3.8) is 0 Å². The highest BCUT2D eigenvalue weighted by Crippen LogP contribution is 2.36. The fourth-order valence-electron chi connectivity index (χ4n) is 4.18. The predicted molar refractivity (Wildman–Crippen MR) is 127 cm³/mol. The van der Waals surface area contributed by atoms with E-state index in [4.69, 9.17) is 9.90 Å². The molecule has 2 aromatic carbocycles. The summed E-state index contributed by atoms with van der Waals surface area (Å²) in [5.41, 5.74) is 7.97. The second-order valence-corrected chi connectivity index (χ2v) is 8.16. The molecule has 154 valence electrons. The number of pyridine rings is 2. The van der Waals surface area contributed by atoms with E-state index in [0.717, 1.165) is 50.0 Å². The summed E-state index contributed by atoms with van der Waals surface area (Å²) in [6.45, 7) is 3.07. The van der Waals surface area contributed by atoms with Gasteiger partial charge in [0.25, 0.3) is 0 Å². The molecule has 0 N–H and O–H groups in total. The third-order valence-corrected chi connectivity index (χ3v) is 5.90. The van der Waals surface area contributed by atoms with Gasteiger partial charge in [-0.05, 0) is 54.6 Å². The lowest BCUT2D eigenvalue weighted by Crippen LogP contribution is -2.31. The quantitative estimate of drug-likeness (QED) is 0.303. The van der Waals surface area contributed by atoms with Crippen LogP contribution in [0, 0.1) is 13.8 Å². The van der Waals surface area contributed by atoms with E-state index < -0.39 is 12.7 Å². The van der Waals surface area contributed by atoms with E-state index in [-0.39, 0.29) is 0 Å². The number of hydrogen-bond donors (Lipinski definition) is 0. The van der Waals surface area contributed by atoms with Crippen molar-refractivity contribution in [1.82, 2.24) is 4.98 Å². The maximum absolute atomic E-state index is 8.31. The van der Waals surface area contributed by atoms with Crippen LogP contribution in [0.3, 0.4) is 0 Å². The van der Waals surface area contributed by atoms with Crippen molar-refractivity contribution in [2.24, 2.45) is 7.05 Å². The van der Waals surface area contributed by atoms with Gasteiger partial charge in [0.2, 0.25) is 11.4 Å². The van der Waals surface area contributed by atoms with E-state index in [0.29, 0.717) is 11.3 Å². The molecule has 0 fully saturated rings. The average molecular weight is 412 g/mol. The molecule has 5 rings (SSSR count). The summed E-state index contributed by atoms with van der Waals surface area (Å²) >= 11 is 0. The first kappa shape index (κ1) is 15.4. The zero-order valence-corrected chi connectivity index (χ0v) is 18.2. The first-order valence-corrected chi connectivity index (χ1v) is 10.4. The molecule has 3 aromatic heterocycles. The highest BCUT2D eigenvalue weighted by atomic mass is 16.3. The molecule has 0 bridgehead atoms. The van der Waals surface area contributed by atoms with Gasteiger partial charge >= 0.3 is 0 Å². The van der Waals surface area contributed by atoms with Crippen molar-refractivity contribution < 1.29 is 14.5 Å². The van der Waals surface area contributed by atoms with E-state index in [1.807, 2.05) is 32.2 Å². The van der Waals surface area contributed by atoms with Crippen LogP contribution >= 0.6 is 0 Å². The molecule has 1 unspecified atom stereocenters. The van der Waals surface area contributed by atoms with E-state index >= 15 is 0 Å². The zero-order chi connectivity index (χ0) is 25.1. The first-order valence-electron chi connectivity index (χ1n) is 12.4. The van der Waals surface area contributed by atoms with Gasteiger partial charge in [0.15, 0.2) is 11.8 Å². The standard InChI is InChI=1S/C28H27N2O/c1-17(2)20-8-10-21(11-9-20)22-12-15-25(30(5)16-22)26-18(3)6-13-23-24-14-7-19(4)29-28(24)31-27(23)26/h6-17H,1-5H3/q+1/i1D3,17D. The second-order valence-electron chi connectivity index (χ2n) is 8.16. The molecule has 0 saturated heterocycles. The van der Waals surface area contributed by atoms with Crippen molar-refractivity contribution in [2.45, 2.75) is 33.5 Å². The molecule has 3 nitrogen and oxygen atoms in total. The van der Waals surface area contributed by atoms with E-state index in [1.165, 1.54) is 6.92 Å². The topological polar surface area (TPSA) is 29.9 Å². The summed E-state index contributed by atoms with van der Waals surface area (Å²) in [4.78, 5) is 4.57. The third kappa shape index (κ3) is 3.31. The van der Waals surface area contributed by atoms with Gasteiger partial charge in [0.1, 0.15) is 7.05 Å². The van der Waals surface area contributed by atoms with Gasteiger partial charge in [-0.25, -0.2) is 9.55 Å². The van der Waals surface area contributed by atoms with Crippen LogP contribution in [-0.2, 0) is 7.05 Å². The normalized spacial score (nSPS) is 15.9. The molecule has 3 heterocycles. The first-order chi connectivity index (χ1) is 16.5. The van der Waals surface area contributed by atoms with Gasteiger partial charge < -0.3 is 4.42 Å². The Labute approximate surface area is 188 Å². The minimum absolute atomic E-state index is 0.471. The molecule has 3 heteroatoms. The van der Waals surface area contributed by atoms with Crippen LogP contribution in [0.15, 0.2) is 71.3 Å². The number of aryl methyl sites for hydroxylation is 3. The maximum atomic E-state index is 8.31. The molecule has 1 atom stereocenters. The Balaban J connectivity index is 1.57. The zero-order valence-electron chi connectivity index (χ0n) is 22.2. The van der Waals surface area contributed by atoms with Gasteiger partial charge in [0.05, 0.1) is 5.56 Å². The van der Waals surface area contributed by atoms with Gasteiger partial charge in [-0.15, -0.1) is 0 Å². The van der Waals surface area contributed by atoms with Gasteiger partial charge in [0, 0.05) is 33.6 Å².